The molecule has 0 bridgehead atoms. The molecule has 1 N–H and O–H groups in total. The van der Waals surface area contributed by atoms with Gasteiger partial charge in [-0.3, -0.25) is 10.1 Å². The SMILES string of the molecule is CC1=C(C(=O)OC/C=C/c2ccccc2)C(c2cccc([N+](=O)[O-])c2)C(C(=O)OCCSc2ccccc2)=C(C)N1. The maximum atomic E-state index is 13.5. The highest BCUT2D eigenvalue weighted by Gasteiger charge is 2.38. The van der Waals surface area contributed by atoms with Crippen LogP contribution in [-0.2, 0) is 19.1 Å². The second-order valence-corrected chi connectivity index (χ2v) is 10.4. The molecule has 0 saturated carbocycles. The van der Waals surface area contributed by atoms with Gasteiger partial charge >= 0.3 is 11.9 Å². The first-order valence-corrected chi connectivity index (χ1v) is 14.0. The second kappa shape index (κ2) is 14.1. The first kappa shape index (κ1) is 29.4. The summed E-state index contributed by atoms with van der Waals surface area (Å²) >= 11 is 1.55. The standard InChI is InChI=1S/C32H30N2O6S/c1-22-28(31(35)39-18-10-13-24-11-5-3-6-12-24)30(25-14-9-15-26(21-25)34(37)38)29(23(2)33-22)32(36)40-19-20-41-27-16-7-4-8-17-27/h3-17,21,30,33H,18-20H2,1-2H3/b13-10+. The monoisotopic (exact) mass is 570 g/mol. The molecule has 1 aliphatic rings. The van der Waals surface area contributed by atoms with E-state index in [-0.39, 0.29) is 30.0 Å². The molecule has 1 unspecified atom stereocenters. The average molecular weight is 571 g/mol. The van der Waals surface area contributed by atoms with Crippen molar-refractivity contribution in [1.82, 2.24) is 5.32 Å². The van der Waals surface area contributed by atoms with Crippen LogP contribution in [0, 0.1) is 10.1 Å². The number of rotatable bonds is 11. The Morgan fingerprint density at radius 3 is 2.20 bits per heavy atom. The summed E-state index contributed by atoms with van der Waals surface area (Å²) in [5.41, 5.74) is 2.61. The van der Waals surface area contributed by atoms with Crippen LogP contribution in [0.5, 0.6) is 0 Å². The smallest absolute Gasteiger partial charge is 0.337 e. The number of ether oxygens (including phenoxy) is 2. The molecule has 8 nitrogen and oxygen atoms in total. The molecule has 3 aromatic carbocycles. The minimum absolute atomic E-state index is 0.00531. The molecule has 1 aliphatic heterocycles. The summed E-state index contributed by atoms with van der Waals surface area (Å²) < 4.78 is 11.2. The Bertz CT molecular complexity index is 1500. The summed E-state index contributed by atoms with van der Waals surface area (Å²) in [6.45, 7) is 3.58. The lowest BCUT2D eigenvalue weighted by Crippen LogP contribution is -2.32. The summed E-state index contributed by atoms with van der Waals surface area (Å²) in [7, 11) is 0. The summed E-state index contributed by atoms with van der Waals surface area (Å²) in [6.07, 6.45) is 3.56. The molecule has 0 aliphatic carbocycles. The van der Waals surface area contributed by atoms with E-state index in [0.29, 0.717) is 22.7 Å². The van der Waals surface area contributed by atoms with Crippen molar-refractivity contribution in [3.05, 3.63) is 135 Å². The molecule has 210 valence electrons. The molecule has 0 spiro atoms. The van der Waals surface area contributed by atoms with E-state index in [9.17, 15) is 19.7 Å². The van der Waals surface area contributed by atoms with Crippen LogP contribution in [0.4, 0.5) is 5.69 Å². The number of dihydropyridines is 1. The summed E-state index contributed by atoms with van der Waals surface area (Å²) in [6, 6.07) is 25.3. The Morgan fingerprint density at radius 1 is 0.902 bits per heavy atom. The van der Waals surface area contributed by atoms with E-state index >= 15 is 0 Å². The second-order valence-electron chi connectivity index (χ2n) is 9.20. The van der Waals surface area contributed by atoms with Crippen LogP contribution in [-0.4, -0.2) is 35.8 Å². The topological polar surface area (TPSA) is 108 Å². The number of nitrogens with one attached hydrogen (secondary N) is 1. The van der Waals surface area contributed by atoms with E-state index in [2.05, 4.69) is 5.32 Å². The van der Waals surface area contributed by atoms with Crippen LogP contribution in [0.2, 0.25) is 0 Å². The Kier molecular flexibility index (Phi) is 10.1. The Labute approximate surface area is 242 Å². The van der Waals surface area contributed by atoms with Gasteiger partial charge in [0.2, 0.25) is 0 Å². The molecule has 4 rings (SSSR count). The normalized spacial score (nSPS) is 15.0. The summed E-state index contributed by atoms with van der Waals surface area (Å²) in [5, 5.41) is 14.7. The predicted octanol–water partition coefficient (Wildman–Crippen LogP) is 6.42. The van der Waals surface area contributed by atoms with Crippen molar-refractivity contribution in [3.63, 3.8) is 0 Å². The lowest BCUT2D eigenvalue weighted by atomic mass is 9.80. The predicted molar refractivity (Wildman–Crippen MR) is 159 cm³/mol. The van der Waals surface area contributed by atoms with E-state index in [1.165, 1.54) is 18.2 Å². The molecule has 0 saturated heterocycles. The fourth-order valence-corrected chi connectivity index (χ4v) is 5.28. The van der Waals surface area contributed by atoms with Crippen molar-refractivity contribution in [3.8, 4) is 0 Å². The highest BCUT2D eigenvalue weighted by molar-refractivity contribution is 7.99. The van der Waals surface area contributed by atoms with Gasteiger partial charge in [-0.15, -0.1) is 11.8 Å². The third-order valence-corrected chi connectivity index (χ3v) is 7.34. The largest absolute Gasteiger partial charge is 0.461 e. The molecule has 9 heteroatoms. The zero-order valence-electron chi connectivity index (χ0n) is 22.7. The Morgan fingerprint density at radius 2 is 1.54 bits per heavy atom. The molecular formula is C32H30N2O6S. The highest BCUT2D eigenvalue weighted by Crippen LogP contribution is 2.40. The van der Waals surface area contributed by atoms with Gasteiger partial charge < -0.3 is 14.8 Å². The number of esters is 2. The van der Waals surface area contributed by atoms with Crippen molar-refractivity contribution >= 4 is 35.5 Å². The van der Waals surface area contributed by atoms with Crippen molar-refractivity contribution in [2.45, 2.75) is 24.7 Å². The molecule has 1 heterocycles. The van der Waals surface area contributed by atoms with Crippen LogP contribution in [0.25, 0.3) is 6.08 Å². The minimum atomic E-state index is -0.920. The van der Waals surface area contributed by atoms with Crippen molar-refractivity contribution in [2.24, 2.45) is 0 Å². The van der Waals surface area contributed by atoms with E-state index in [1.807, 2.05) is 66.7 Å². The van der Waals surface area contributed by atoms with Crippen LogP contribution in [0.3, 0.4) is 0 Å². The maximum Gasteiger partial charge on any atom is 0.337 e. The van der Waals surface area contributed by atoms with Gasteiger partial charge in [-0.25, -0.2) is 9.59 Å². The van der Waals surface area contributed by atoms with Gasteiger partial charge in [0.05, 0.1) is 22.0 Å². The molecule has 0 aromatic heterocycles. The number of nitro benzene ring substituents is 1. The first-order chi connectivity index (χ1) is 19.8. The van der Waals surface area contributed by atoms with E-state index in [4.69, 9.17) is 9.47 Å². The number of allylic oxidation sites excluding steroid dienone is 2. The Hall–Kier alpha value is -4.63. The summed E-state index contributed by atoms with van der Waals surface area (Å²) in [4.78, 5) is 39.0. The van der Waals surface area contributed by atoms with Gasteiger partial charge in [-0.1, -0.05) is 66.7 Å². The highest BCUT2D eigenvalue weighted by atomic mass is 32.2. The fourth-order valence-electron chi connectivity index (χ4n) is 4.52. The van der Waals surface area contributed by atoms with Gasteiger partial charge in [0, 0.05) is 34.2 Å². The number of non-ortho nitro benzene ring substituents is 1. The lowest BCUT2D eigenvalue weighted by Gasteiger charge is -2.30. The summed E-state index contributed by atoms with van der Waals surface area (Å²) in [5.74, 6) is -1.63. The fraction of sp³-hybridized carbons (Fsp3) is 0.188. The van der Waals surface area contributed by atoms with Crippen LogP contribution in [0.1, 0.15) is 30.9 Å². The molecule has 3 aromatic rings. The number of carbonyl (C=O) groups excluding carboxylic acids is 2. The maximum absolute atomic E-state index is 13.5. The molecule has 0 fully saturated rings. The number of carbonyl (C=O) groups is 2. The number of hydrogen-bond donors (Lipinski definition) is 1. The van der Waals surface area contributed by atoms with E-state index in [1.54, 1.807) is 37.8 Å². The van der Waals surface area contributed by atoms with Crippen molar-refractivity contribution in [1.29, 1.82) is 0 Å². The zero-order valence-corrected chi connectivity index (χ0v) is 23.6. The van der Waals surface area contributed by atoms with Crippen molar-refractivity contribution < 1.29 is 24.0 Å². The first-order valence-electron chi connectivity index (χ1n) is 13.0. The van der Waals surface area contributed by atoms with Crippen LogP contribution < -0.4 is 5.32 Å². The van der Waals surface area contributed by atoms with Gasteiger partial charge in [-0.05, 0) is 43.2 Å². The lowest BCUT2D eigenvalue weighted by molar-refractivity contribution is -0.384. The van der Waals surface area contributed by atoms with Gasteiger partial charge in [-0.2, -0.15) is 0 Å². The molecular weight excluding hydrogens is 540 g/mol. The number of hydrogen-bond acceptors (Lipinski definition) is 8. The third-order valence-electron chi connectivity index (χ3n) is 6.36. The molecule has 0 radical (unpaired) electrons. The van der Waals surface area contributed by atoms with E-state index in [0.717, 1.165) is 10.5 Å². The van der Waals surface area contributed by atoms with Gasteiger partial charge in [0.15, 0.2) is 0 Å². The molecule has 41 heavy (non-hydrogen) atoms. The number of nitro groups is 1. The minimum Gasteiger partial charge on any atom is -0.461 e. The number of thioether (sulfide) groups is 1. The quantitative estimate of drug-likeness (QED) is 0.0925. The average Bonchev–Trinajstić information content (AvgIpc) is 2.98. The van der Waals surface area contributed by atoms with E-state index < -0.39 is 22.8 Å². The number of benzene rings is 3. The van der Waals surface area contributed by atoms with Crippen LogP contribution in [0.15, 0.2) is 118 Å². The van der Waals surface area contributed by atoms with Gasteiger partial charge in [0.25, 0.3) is 5.69 Å². The van der Waals surface area contributed by atoms with Crippen LogP contribution >= 0.6 is 11.8 Å². The molecule has 0 amide bonds. The number of nitrogens with zero attached hydrogens (tertiary/aromatic N) is 1. The zero-order chi connectivity index (χ0) is 29.2. The Balaban J connectivity index is 1.56. The van der Waals surface area contributed by atoms with Gasteiger partial charge in [0.1, 0.15) is 13.2 Å². The van der Waals surface area contributed by atoms with Crippen molar-refractivity contribution in [2.75, 3.05) is 19.0 Å². The molecule has 1 atom stereocenters. The third kappa shape index (κ3) is 7.73.